The molecule has 0 bridgehead atoms. The van der Waals surface area contributed by atoms with Gasteiger partial charge in [0.25, 0.3) is 5.24 Å². The van der Waals surface area contributed by atoms with Crippen molar-refractivity contribution < 1.29 is 4.79 Å². The molecule has 3 rings (SSSR count). The highest BCUT2D eigenvalue weighted by Gasteiger charge is 2.18. The Morgan fingerprint density at radius 1 is 0.696 bits per heavy atom. The van der Waals surface area contributed by atoms with Crippen LogP contribution in [0.1, 0.15) is 5.56 Å². The first-order valence-corrected chi connectivity index (χ1v) is 8.44. The lowest BCUT2D eigenvalue weighted by atomic mass is 10.2. The lowest BCUT2D eigenvalue weighted by Gasteiger charge is -2.22. The number of benzene rings is 3. The van der Waals surface area contributed by atoms with E-state index in [1.807, 2.05) is 91.0 Å². The summed E-state index contributed by atoms with van der Waals surface area (Å²) >= 11 is 1.31. The number of thioether (sulfide) groups is 1. The first kappa shape index (κ1) is 15.4. The van der Waals surface area contributed by atoms with Crippen molar-refractivity contribution in [3.05, 3.63) is 96.6 Å². The molecule has 0 spiro atoms. The van der Waals surface area contributed by atoms with Crippen LogP contribution in [-0.4, -0.2) is 5.24 Å². The van der Waals surface area contributed by atoms with Crippen LogP contribution in [-0.2, 0) is 5.75 Å². The summed E-state index contributed by atoms with van der Waals surface area (Å²) in [6, 6.07) is 29.5. The molecule has 0 atom stereocenters. The number of rotatable bonds is 4. The van der Waals surface area contributed by atoms with Crippen molar-refractivity contribution in [2.75, 3.05) is 4.90 Å². The van der Waals surface area contributed by atoms with Gasteiger partial charge in [0, 0.05) is 17.1 Å². The summed E-state index contributed by atoms with van der Waals surface area (Å²) in [6.07, 6.45) is 0. The van der Waals surface area contributed by atoms with Gasteiger partial charge in [-0.05, 0) is 29.8 Å². The molecule has 0 saturated carbocycles. The highest BCUT2D eigenvalue weighted by atomic mass is 32.2. The minimum Gasteiger partial charge on any atom is -0.272 e. The Bertz CT molecular complexity index is 705. The number of nitrogens with zero attached hydrogens (tertiary/aromatic N) is 1. The monoisotopic (exact) mass is 319 g/mol. The fraction of sp³-hybridized carbons (Fsp3) is 0.0500. The fourth-order valence-corrected chi connectivity index (χ4v) is 3.12. The quantitative estimate of drug-likeness (QED) is 0.598. The summed E-state index contributed by atoms with van der Waals surface area (Å²) in [7, 11) is 0. The van der Waals surface area contributed by atoms with E-state index in [9.17, 15) is 4.79 Å². The highest BCUT2D eigenvalue weighted by Crippen LogP contribution is 2.29. The average molecular weight is 319 g/mol. The molecule has 3 aromatic rings. The minimum absolute atomic E-state index is 0.0197. The Morgan fingerprint density at radius 3 is 1.61 bits per heavy atom. The summed E-state index contributed by atoms with van der Waals surface area (Å²) in [5.41, 5.74) is 2.90. The van der Waals surface area contributed by atoms with Gasteiger partial charge in [0.2, 0.25) is 0 Å². The molecule has 0 radical (unpaired) electrons. The second kappa shape index (κ2) is 7.65. The van der Waals surface area contributed by atoms with Gasteiger partial charge in [-0.1, -0.05) is 78.5 Å². The van der Waals surface area contributed by atoms with Crippen LogP contribution < -0.4 is 4.90 Å². The topological polar surface area (TPSA) is 20.3 Å². The van der Waals surface area contributed by atoms with Crippen LogP contribution in [0.15, 0.2) is 91.0 Å². The molecule has 0 N–H and O–H groups in total. The molecule has 1 amide bonds. The van der Waals surface area contributed by atoms with Gasteiger partial charge >= 0.3 is 0 Å². The molecule has 0 aliphatic carbocycles. The summed E-state index contributed by atoms with van der Waals surface area (Å²) in [5, 5.41) is 0.0197. The van der Waals surface area contributed by atoms with Gasteiger partial charge in [-0.3, -0.25) is 9.69 Å². The van der Waals surface area contributed by atoms with Crippen molar-refractivity contribution in [2.24, 2.45) is 0 Å². The molecule has 23 heavy (non-hydrogen) atoms. The number of hydrogen-bond donors (Lipinski definition) is 0. The van der Waals surface area contributed by atoms with Crippen LogP contribution in [0.5, 0.6) is 0 Å². The lowest BCUT2D eigenvalue weighted by Crippen LogP contribution is -2.21. The third-order valence-corrected chi connectivity index (χ3v) is 4.32. The highest BCUT2D eigenvalue weighted by molar-refractivity contribution is 8.13. The summed E-state index contributed by atoms with van der Waals surface area (Å²) in [6.45, 7) is 0. The number of hydrogen-bond acceptors (Lipinski definition) is 2. The van der Waals surface area contributed by atoms with E-state index in [0.717, 1.165) is 16.9 Å². The van der Waals surface area contributed by atoms with Crippen LogP contribution in [0.3, 0.4) is 0 Å². The summed E-state index contributed by atoms with van der Waals surface area (Å²) in [5.74, 6) is 0.663. The van der Waals surface area contributed by atoms with Gasteiger partial charge in [0.05, 0.1) is 0 Å². The Morgan fingerprint density at radius 2 is 1.13 bits per heavy atom. The van der Waals surface area contributed by atoms with Crippen molar-refractivity contribution in [2.45, 2.75) is 5.75 Å². The SMILES string of the molecule is O=C(SCc1ccccc1)N(c1ccccc1)c1ccccc1. The van der Waals surface area contributed by atoms with E-state index in [4.69, 9.17) is 0 Å². The largest absolute Gasteiger partial charge is 0.290 e. The van der Waals surface area contributed by atoms with Crippen molar-refractivity contribution in [1.82, 2.24) is 0 Å². The van der Waals surface area contributed by atoms with Crippen LogP contribution in [0.2, 0.25) is 0 Å². The van der Waals surface area contributed by atoms with Gasteiger partial charge < -0.3 is 0 Å². The maximum atomic E-state index is 12.8. The van der Waals surface area contributed by atoms with Gasteiger partial charge in [0.15, 0.2) is 0 Å². The molecule has 0 aromatic heterocycles. The molecule has 0 saturated heterocycles. The number of anilines is 2. The van der Waals surface area contributed by atoms with Crippen LogP contribution in [0.25, 0.3) is 0 Å². The van der Waals surface area contributed by atoms with Crippen LogP contribution in [0.4, 0.5) is 16.2 Å². The number of para-hydroxylation sites is 2. The molecule has 2 nitrogen and oxygen atoms in total. The zero-order valence-corrected chi connectivity index (χ0v) is 13.4. The standard InChI is InChI=1S/C20H17NOS/c22-20(23-16-17-10-4-1-5-11-17)21(18-12-6-2-7-13-18)19-14-8-3-9-15-19/h1-15H,16H2. The maximum Gasteiger partial charge on any atom is 0.290 e. The predicted molar refractivity (Wildman–Crippen MR) is 98.2 cm³/mol. The molecular weight excluding hydrogens is 302 g/mol. The summed E-state index contributed by atoms with van der Waals surface area (Å²) < 4.78 is 0. The van der Waals surface area contributed by atoms with Gasteiger partial charge in [-0.25, -0.2) is 0 Å². The maximum absolute atomic E-state index is 12.8. The van der Waals surface area contributed by atoms with E-state index >= 15 is 0 Å². The van der Waals surface area contributed by atoms with E-state index in [0.29, 0.717) is 5.75 Å². The number of carbonyl (C=O) groups excluding carboxylic acids is 1. The van der Waals surface area contributed by atoms with Crippen molar-refractivity contribution >= 4 is 28.4 Å². The molecule has 0 aliphatic rings. The molecule has 0 heterocycles. The van der Waals surface area contributed by atoms with Gasteiger partial charge in [-0.2, -0.15) is 0 Å². The zero-order chi connectivity index (χ0) is 15.9. The fourth-order valence-electron chi connectivity index (χ4n) is 2.30. The van der Waals surface area contributed by atoms with E-state index in [1.165, 1.54) is 11.8 Å². The number of amides is 1. The van der Waals surface area contributed by atoms with Crippen molar-refractivity contribution in [3.8, 4) is 0 Å². The molecule has 3 heteroatoms. The second-order valence-corrected chi connectivity index (χ2v) is 5.97. The van der Waals surface area contributed by atoms with Gasteiger partial charge in [-0.15, -0.1) is 0 Å². The molecule has 0 fully saturated rings. The van der Waals surface area contributed by atoms with Crippen LogP contribution >= 0.6 is 11.8 Å². The Balaban J connectivity index is 1.82. The molecule has 3 aromatic carbocycles. The molecule has 0 aliphatic heterocycles. The Hall–Kier alpha value is -2.52. The zero-order valence-electron chi connectivity index (χ0n) is 12.6. The van der Waals surface area contributed by atoms with E-state index in [2.05, 4.69) is 0 Å². The second-order valence-electron chi connectivity index (χ2n) is 5.05. The van der Waals surface area contributed by atoms with Crippen molar-refractivity contribution in [3.63, 3.8) is 0 Å². The molecule has 0 unspecified atom stereocenters. The third kappa shape index (κ3) is 4.02. The Labute approximate surface area is 140 Å². The predicted octanol–water partition coefficient (Wildman–Crippen LogP) is 5.88. The van der Waals surface area contributed by atoms with E-state index in [1.54, 1.807) is 4.90 Å². The molecule has 114 valence electrons. The first-order valence-electron chi connectivity index (χ1n) is 7.45. The first-order chi connectivity index (χ1) is 11.3. The van der Waals surface area contributed by atoms with Crippen LogP contribution in [0, 0.1) is 0 Å². The lowest BCUT2D eigenvalue weighted by molar-refractivity contribution is 0.267. The summed E-state index contributed by atoms with van der Waals surface area (Å²) in [4.78, 5) is 14.6. The molecular formula is C20H17NOS. The Kier molecular flexibility index (Phi) is 5.12. The van der Waals surface area contributed by atoms with E-state index in [-0.39, 0.29) is 5.24 Å². The van der Waals surface area contributed by atoms with Crippen molar-refractivity contribution in [1.29, 1.82) is 0 Å². The smallest absolute Gasteiger partial charge is 0.272 e. The average Bonchev–Trinajstić information content (AvgIpc) is 2.63. The number of carbonyl (C=O) groups is 1. The third-order valence-electron chi connectivity index (χ3n) is 3.42. The van der Waals surface area contributed by atoms with Gasteiger partial charge in [0.1, 0.15) is 0 Å². The normalized spacial score (nSPS) is 10.3. The minimum atomic E-state index is 0.0197. The van der Waals surface area contributed by atoms with E-state index < -0.39 is 0 Å².